The van der Waals surface area contributed by atoms with E-state index in [-0.39, 0.29) is 23.0 Å². The summed E-state index contributed by atoms with van der Waals surface area (Å²) >= 11 is 2.99. The molecular weight excluding hydrogens is 307 g/mol. The number of nitrogens with one attached hydrogen (secondary N) is 1. The molecule has 0 fully saturated rings. The summed E-state index contributed by atoms with van der Waals surface area (Å²) in [6, 6.07) is 6.01. The fourth-order valence-corrected chi connectivity index (χ4v) is 3.75. The molecule has 2 rings (SSSR count). The Hall–Kier alpha value is -1.40. The molecule has 1 amide bonds. The van der Waals surface area contributed by atoms with Crippen molar-refractivity contribution < 1.29 is 9.18 Å². The molecule has 6 heteroatoms. The van der Waals surface area contributed by atoms with Crippen LogP contribution in [0.1, 0.15) is 31.1 Å². The maximum Gasteiger partial charge on any atom is 0.233 e. The van der Waals surface area contributed by atoms with Crippen molar-refractivity contribution in [2.75, 3.05) is 0 Å². The van der Waals surface area contributed by atoms with E-state index in [1.165, 1.54) is 23.9 Å². The summed E-state index contributed by atoms with van der Waals surface area (Å²) in [5.41, 5.74) is 1.85. The highest BCUT2D eigenvalue weighted by molar-refractivity contribution is 8.02. The van der Waals surface area contributed by atoms with Crippen molar-refractivity contribution in [3.8, 4) is 0 Å². The Bertz CT molecular complexity index is 612. The predicted molar refractivity (Wildman–Crippen MR) is 85.1 cm³/mol. The van der Waals surface area contributed by atoms with Gasteiger partial charge in [-0.2, -0.15) is 0 Å². The number of hydrogen-bond acceptors (Lipinski definition) is 4. The number of aromatic nitrogens is 1. The maximum atomic E-state index is 12.9. The summed E-state index contributed by atoms with van der Waals surface area (Å²) in [4.78, 5) is 16.5. The highest BCUT2D eigenvalue weighted by Crippen LogP contribution is 2.27. The number of benzene rings is 1. The van der Waals surface area contributed by atoms with Crippen LogP contribution in [-0.4, -0.2) is 16.1 Å². The number of carbonyl (C=O) groups excluding carboxylic acids is 1. The summed E-state index contributed by atoms with van der Waals surface area (Å²) in [6.45, 7) is 5.67. The van der Waals surface area contributed by atoms with Crippen molar-refractivity contribution >= 4 is 29.0 Å². The lowest BCUT2D eigenvalue weighted by molar-refractivity contribution is -0.120. The molecule has 0 aliphatic carbocycles. The van der Waals surface area contributed by atoms with Crippen LogP contribution in [0.2, 0.25) is 0 Å². The normalized spacial score (nSPS) is 13.7. The second-order valence-electron chi connectivity index (χ2n) is 4.80. The monoisotopic (exact) mass is 324 g/mol. The lowest BCUT2D eigenvalue weighted by Gasteiger charge is -2.17. The average Bonchev–Trinajstić information content (AvgIpc) is 2.84. The topological polar surface area (TPSA) is 42.0 Å². The van der Waals surface area contributed by atoms with E-state index in [4.69, 9.17) is 0 Å². The Kier molecular flexibility index (Phi) is 5.36. The van der Waals surface area contributed by atoms with Gasteiger partial charge < -0.3 is 5.32 Å². The second kappa shape index (κ2) is 7.04. The molecule has 0 unspecified atom stereocenters. The van der Waals surface area contributed by atoms with Crippen molar-refractivity contribution in [3.05, 3.63) is 46.7 Å². The Labute approximate surface area is 132 Å². The number of amides is 1. The number of hydrogen-bond donors (Lipinski definition) is 1. The fraction of sp³-hybridized carbons (Fsp3) is 0.333. The summed E-state index contributed by atoms with van der Waals surface area (Å²) < 4.78 is 13.8. The second-order valence-corrected chi connectivity index (χ2v) is 7.24. The zero-order chi connectivity index (χ0) is 15.4. The minimum atomic E-state index is -0.277. The van der Waals surface area contributed by atoms with Crippen molar-refractivity contribution in [2.24, 2.45) is 0 Å². The van der Waals surface area contributed by atoms with E-state index in [1.807, 2.05) is 26.2 Å². The van der Waals surface area contributed by atoms with Crippen LogP contribution in [0.4, 0.5) is 4.39 Å². The van der Waals surface area contributed by atoms with Crippen LogP contribution < -0.4 is 5.32 Å². The molecule has 0 aliphatic rings. The van der Waals surface area contributed by atoms with E-state index >= 15 is 0 Å². The summed E-state index contributed by atoms with van der Waals surface area (Å²) in [5, 5.41) is 4.68. The van der Waals surface area contributed by atoms with Crippen molar-refractivity contribution in [1.29, 1.82) is 0 Å². The molecule has 21 heavy (non-hydrogen) atoms. The first kappa shape index (κ1) is 16.0. The molecular formula is C15H17FN2OS2. The van der Waals surface area contributed by atoms with Crippen molar-refractivity contribution in [1.82, 2.24) is 10.3 Å². The van der Waals surface area contributed by atoms with Crippen LogP contribution in [-0.2, 0) is 4.79 Å². The van der Waals surface area contributed by atoms with Crippen molar-refractivity contribution in [2.45, 2.75) is 36.4 Å². The quantitative estimate of drug-likeness (QED) is 0.847. The van der Waals surface area contributed by atoms with E-state index in [9.17, 15) is 9.18 Å². The highest BCUT2D eigenvalue weighted by atomic mass is 32.2. The van der Waals surface area contributed by atoms with Crippen molar-refractivity contribution in [3.63, 3.8) is 0 Å². The number of rotatable bonds is 5. The SMILES string of the molecule is Cc1csc(S[C@@H](C)C(=O)N[C@H](C)c2ccc(F)cc2)n1. The zero-order valence-corrected chi connectivity index (χ0v) is 13.7. The molecule has 1 N–H and O–H groups in total. The molecule has 0 bridgehead atoms. The Morgan fingerprint density at radius 1 is 1.33 bits per heavy atom. The van der Waals surface area contributed by atoms with E-state index in [2.05, 4.69) is 10.3 Å². The van der Waals surface area contributed by atoms with Gasteiger partial charge in [0, 0.05) is 11.1 Å². The summed E-state index contributed by atoms with van der Waals surface area (Å²) in [6.07, 6.45) is 0. The lowest BCUT2D eigenvalue weighted by atomic mass is 10.1. The van der Waals surface area contributed by atoms with E-state index in [0.29, 0.717) is 0 Å². The molecule has 1 aromatic heterocycles. The smallest absolute Gasteiger partial charge is 0.233 e. The lowest BCUT2D eigenvalue weighted by Crippen LogP contribution is -2.33. The third kappa shape index (κ3) is 4.54. The average molecular weight is 324 g/mol. The molecule has 0 spiro atoms. The van der Waals surface area contributed by atoms with Gasteiger partial charge in [-0.15, -0.1) is 11.3 Å². The van der Waals surface area contributed by atoms with Gasteiger partial charge in [0.2, 0.25) is 5.91 Å². The summed E-state index contributed by atoms with van der Waals surface area (Å²) in [5.74, 6) is -0.329. The Balaban J connectivity index is 1.92. The van der Waals surface area contributed by atoms with Crippen LogP contribution in [0.3, 0.4) is 0 Å². The number of aryl methyl sites for hydroxylation is 1. The van der Waals surface area contributed by atoms with Gasteiger partial charge in [0.25, 0.3) is 0 Å². The number of thiazole rings is 1. The van der Waals surface area contributed by atoms with Gasteiger partial charge in [-0.25, -0.2) is 9.37 Å². The van der Waals surface area contributed by atoms with Crippen LogP contribution >= 0.6 is 23.1 Å². The zero-order valence-electron chi connectivity index (χ0n) is 12.1. The van der Waals surface area contributed by atoms with Gasteiger partial charge in [-0.05, 0) is 38.5 Å². The van der Waals surface area contributed by atoms with Crippen LogP contribution in [0.25, 0.3) is 0 Å². The first-order chi connectivity index (χ1) is 9.95. The molecule has 2 aromatic rings. The van der Waals surface area contributed by atoms with Gasteiger partial charge >= 0.3 is 0 Å². The molecule has 3 nitrogen and oxygen atoms in total. The highest BCUT2D eigenvalue weighted by Gasteiger charge is 2.18. The minimum Gasteiger partial charge on any atom is -0.349 e. The standard InChI is InChI=1S/C15H17FN2OS2/c1-9-8-20-15(17-9)21-11(3)14(19)18-10(2)12-4-6-13(16)7-5-12/h4-8,10-11H,1-3H3,(H,18,19)/t10-,11+/m1/s1. The Morgan fingerprint density at radius 3 is 2.57 bits per heavy atom. The number of halogens is 1. The van der Waals surface area contributed by atoms with E-state index in [1.54, 1.807) is 23.5 Å². The third-order valence-corrected chi connectivity index (χ3v) is 5.16. The van der Waals surface area contributed by atoms with Crippen LogP contribution in [0.5, 0.6) is 0 Å². The van der Waals surface area contributed by atoms with Gasteiger partial charge in [0.1, 0.15) is 5.82 Å². The number of nitrogens with zero attached hydrogens (tertiary/aromatic N) is 1. The first-order valence-electron chi connectivity index (χ1n) is 6.60. The van der Waals surface area contributed by atoms with Gasteiger partial charge in [0.15, 0.2) is 4.34 Å². The van der Waals surface area contributed by atoms with Gasteiger partial charge in [0.05, 0.1) is 11.3 Å². The van der Waals surface area contributed by atoms with Crippen LogP contribution in [0, 0.1) is 12.7 Å². The Morgan fingerprint density at radius 2 is 2.00 bits per heavy atom. The van der Waals surface area contributed by atoms with Crippen LogP contribution in [0.15, 0.2) is 34.0 Å². The molecule has 0 saturated heterocycles. The molecule has 0 aliphatic heterocycles. The number of carbonyl (C=O) groups is 1. The summed E-state index contributed by atoms with van der Waals surface area (Å²) in [7, 11) is 0. The van der Waals surface area contributed by atoms with Gasteiger partial charge in [-0.3, -0.25) is 4.79 Å². The molecule has 112 valence electrons. The van der Waals surface area contributed by atoms with E-state index in [0.717, 1.165) is 15.6 Å². The fourth-order valence-electron chi connectivity index (χ4n) is 1.76. The molecule has 0 radical (unpaired) electrons. The number of thioether (sulfide) groups is 1. The van der Waals surface area contributed by atoms with Gasteiger partial charge in [-0.1, -0.05) is 23.9 Å². The molecule has 0 saturated carbocycles. The van der Waals surface area contributed by atoms with E-state index < -0.39 is 0 Å². The molecule has 2 atom stereocenters. The largest absolute Gasteiger partial charge is 0.349 e. The molecule has 1 aromatic carbocycles. The first-order valence-corrected chi connectivity index (χ1v) is 8.36. The maximum absolute atomic E-state index is 12.9. The molecule has 1 heterocycles. The third-order valence-electron chi connectivity index (χ3n) is 2.97. The predicted octanol–water partition coefficient (Wildman–Crippen LogP) is 3.95. The minimum absolute atomic E-state index is 0.0512.